The number of amides is 2. The number of hydrogen-bond donors (Lipinski definition) is 3. The Morgan fingerprint density at radius 2 is 1.65 bits per heavy atom. The van der Waals surface area contributed by atoms with Crippen LogP contribution in [0.5, 0.6) is 0 Å². The summed E-state index contributed by atoms with van der Waals surface area (Å²) in [5.74, 6) is -1.72. The van der Waals surface area contributed by atoms with E-state index in [1.165, 1.54) is 24.3 Å². The smallest absolute Gasteiger partial charge is 0.338 e. The molecule has 1 aromatic rings. The Kier molecular flexibility index (Phi) is 8.73. The zero-order chi connectivity index (χ0) is 19.6. The van der Waals surface area contributed by atoms with Gasteiger partial charge in [0, 0.05) is 13.1 Å². The van der Waals surface area contributed by atoms with E-state index in [2.05, 4.69) is 15.4 Å². The molecule has 9 nitrogen and oxygen atoms in total. The lowest BCUT2D eigenvalue weighted by Gasteiger charge is -2.08. The maximum absolute atomic E-state index is 11.9. The van der Waals surface area contributed by atoms with Crippen LogP contribution >= 0.6 is 0 Å². The maximum Gasteiger partial charge on any atom is 0.338 e. The molecule has 0 heterocycles. The van der Waals surface area contributed by atoms with Gasteiger partial charge < -0.3 is 15.4 Å². The van der Waals surface area contributed by atoms with Crippen LogP contribution in [0.15, 0.2) is 29.2 Å². The third kappa shape index (κ3) is 7.19. The number of carbonyl (C=O) groups excluding carboxylic acids is 3. The molecule has 1 rings (SSSR count). The fraction of sp³-hybridized carbons (Fsp3) is 0.438. The molecular formula is C16H23N3O6S. The highest BCUT2D eigenvalue weighted by Gasteiger charge is 2.15. The van der Waals surface area contributed by atoms with E-state index in [9.17, 15) is 22.8 Å². The number of sulfonamides is 1. The lowest BCUT2D eigenvalue weighted by atomic mass is 10.2. The summed E-state index contributed by atoms with van der Waals surface area (Å²) in [4.78, 5) is 34.8. The zero-order valence-corrected chi connectivity index (χ0v) is 15.5. The highest BCUT2D eigenvalue weighted by Crippen LogP contribution is 2.11. The molecule has 3 N–H and O–H groups in total. The number of nitrogens with one attached hydrogen (secondary N) is 3. The average Bonchev–Trinajstić information content (AvgIpc) is 2.62. The summed E-state index contributed by atoms with van der Waals surface area (Å²) in [6.07, 6.45) is 0.784. The number of rotatable bonds is 10. The van der Waals surface area contributed by atoms with E-state index in [1.54, 1.807) is 6.92 Å². The first-order chi connectivity index (χ1) is 12.3. The minimum atomic E-state index is -3.60. The van der Waals surface area contributed by atoms with E-state index >= 15 is 0 Å². The van der Waals surface area contributed by atoms with Crippen LogP contribution in [0.25, 0.3) is 0 Å². The summed E-state index contributed by atoms with van der Waals surface area (Å²) < 4.78 is 30.8. The van der Waals surface area contributed by atoms with Crippen LogP contribution in [0.1, 0.15) is 30.6 Å². The van der Waals surface area contributed by atoms with Gasteiger partial charge in [-0.2, -0.15) is 0 Å². The lowest BCUT2D eigenvalue weighted by Crippen LogP contribution is -2.38. The Morgan fingerprint density at radius 3 is 2.23 bits per heavy atom. The van der Waals surface area contributed by atoms with Crippen molar-refractivity contribution in [2.24, 2.45) is 0 Å². The number of esters is 1. The Bertz CT molecular complexity index is 731. The predicted octanol–water partition coefficient (Wildman–Crippen LogP) is -0.216. The molecule has 0 bridgehead atoms. The van der Waals surface area contributed by atoms with Crippen molar-refractivity contribution < 1.29 is 27.5 Å². The highest BCUT2D eigenvalue weighted by molar-refractivity contribution is 7.89. The lowest BCUT2D eigenvalue weighted by molar-refractivity contribution is -0.127. The normalized spacial score (nSPS) is 10.8. The Balaban J connectivity index is 2.48. The van der Waals surface area contributed by atoms with Gasteiger partial charge in [0.25, 0.3) is 5.91 Å². The molecule has 0 aliphatic heterocycles. The molecule has 10 heteroatoms. The van der Waals surface area contributed by atoms with Gasteiger partial charge in [-0.3, -0.25) is 9.59 Å². The van der Waals surface area contributed by atoms with Gasteiger partial charge in [-0.25, -0.2) is 17.9 Å². The molecule has 0 saturated heterocycles. The van der Waals surface area contributed by atoms with Crippen LogP contribution in [0.3, 0.4) is 0 Å². The van der Waals surface area contributed by atoms with E-state index in [-0.39, 0.29) is 29.5 Å². The Hall–Kier alpha value is -2.46. The minimum absolute atomic E-state index is 0.0201. The fourth-order valence-electron chi connectivity index (χ4n) is 1.81. The fourth-order valence-corrected chi connectivity index (χ4v) is 2.86. The monoisotopic (exact) mass is 385 g/mol. The largest absolute Gasteiger partial charge is 0.452 e. The van der Waals surface area contributed by atoms with Crippen LogP contribution in [-0.2, 0) is 24.3 Å². The topological polar surface area (TPSA) is 131 Å². The third-order valence-electron chi connectivity index (χ3n) is 3.09. The summed E-state index contributed by atoms with van der Waals surface area (Å²) in [5, 5.41) is 4.91. The van der Waals surface area contributed by atoms with E-state index in [0.29, 0.717) is 6.54 Å². The van der Waals surface area contributed by atoms with Gasteiger partial charge in [0.05, 0.1) is 17.0 Å². The molecule has 144 valence electrons. The number of hydrogen-bond acceptors (Lipinski definition) is 6. The molecule has 0 spiro atoms. The molecule has 0 unspecified atom stereocenters. The number of ether oxygens (including phenoxy) is 1. The van der Waals surface area contributed by atoms with Gasteiger partial charge in [0.2, 0.25) is 15.9 Å². The Morgan fingerprint density at radius 1 is 1.00 bits per heavy atom. The summed E-state index contributed by atoms with van der Waals surface area (Å²) in [6.45, 7) is 3.58. The van der Waals surface area contributed by atoms with E-state index in [4.69, 9.17) is 4.74 Å². The third-order valence-corrected chi connectivity index (χ3v) is 4.65. The molecule has 1 aromatic carbocycles. The second kappa shape index (κ2) is 10.5. The van der Waals surface area contributed by atoms with Crippen LogP contribution in [0, 0.1) is 0 Å². The minimum Gasteiger partial charge on any atom is -0.452 e. The molecule has 0 fully saturated rings. The maximum atomic E-state index is 11.9. The van der Waals surface area contributed by atoms with Crippen molar-refractivity contribution in [1.82, 2.24) is 15.4 Å². The van der Waals surface area contributed by atoms with Crippen LogP contribution in [0.2, 0.25) is 0 Å². The molecule has 2 amide bonds. The SMILES string of the molecule is CCCNC(=O)CNC(=O)COC(=O)c1ccc(S(=O)(=O)NCC)cc1. The van der Waals surface area contributed by atoms with Crippen molar-refractivity contribution >= 4 is 27.8 Å². The molecule has 0 saturated carbocycles. The number of benzene rings is 1. The second-order valence-electron chi connectivity index (χ2n) is 5.23. The second-order valence-corrected chi connectivity index (χ2v) is 7.00. The van der Waals surface area contributed by atoms with Gasteiger partial charge >= 0.3 is 5.97 Å². The summed E-state index contributed by atoms with van der Waals surface area (Å²) in [7, 11) is -3.60. The van der Waals surface area contributed by atoms with Crippen LogP contribution in [-0.4, -0.2) is 52.4 Å². The van der Waals surface area contributed by atoms with Crippen molar-refractivity contribution in [2.45, 2.75) is 25.2 Å². The van der Waals surface area contributed by atoms with Crippen molar-refractivity contribution in [3.63, 3.8) is 0 Å². The summed E-state index contributed by atoms with van der Waals surface area (Å²) in [6, 6.07) is 5.13. The van der Waals surface area contributed by atoms with Gasteiger partial charge in [0.1, 0.15) is 0 Å². The van der Waals surface area contributed by atoms with Crippen molar-refractivity contribution in [3.8, 4) is 0 Å². The average molecular weight is 385 g/mol. The Labute approximate surface area is 152 Å². The quantitative estimate of drug-likeness (QED) is 0.478. The molecule has 0 aromatic heterocycles. The highest BCUT2D eigenvalue weighted by atomic mass is 32.2. The number of carbonyl (C=O) groups is 3. The van der Waals surface area contributed by atoms with Gasteiger partial charge in [-0.1, -0.05) is 13.8 Å². The molecule has 0 aliphatic carbocycles. The van der Waals surface area contributed by atoms with Crippen LogP contribution < -0.4 is 15.4 Å². The van der Waals surface area contributed by atoms with Gasteiger partial charge in [0.15, 0.2) is 6.61 Å². The molecule has 0 radical (unpaired) electrons. The molecule has 0 aliphatic rings. The molecule has 0 atom stereocenters. The van der Waals surface area contributed by atoms with E-state index in [1.807, 2.05) is 6.92 Å². The first-order valence-corrected chi connectivity index (χ1v) is 9.58. The molecule has 26 heavy (non-hydrogen) atoms. The van der Waals surface area contributed by atoms with Gasteiger partial charge in [-0.15, -0.1) is 0 Å². The predicted molar refractivity (Wildman–Crippen MR) is 93.9 cm³/mol. The standard InChI is InChI=1S/C16H23N3O6S/c1-3-9-17-14(20)10-18-15(21)11-25-16(22)12-5-7-13(8-6-12)26(23,24)19-4-2/h5-8,19H,3-4,9-11H2,1-2H3,(H,17,20)(H,18,21). The van der Waals surface area contributed by atoms with E-state index < -0.39 is 28.5 Å². The zero-order valence-electron chi connectivity index (χ0n) is 14.7. The van der Waals surface area contributed by atoms with Crippen molar-refractivity contribution in [1.29, 1.82) is 0 Å². The van der Waals surface area contributed by atoms with Gasteiger partial charge in [-0.05, 0) is 30.7 Å². The summed E-state index contributed by atoms with van der Waals surface area (Å²) in [5.41, 5.74) is 0.105. The van der Waals surface area contributed by atoms with Crippen molar-refractivity contribution in [2.75, 3.05) is 26.2 Å². The first-order valence-electron chi connectivity index (χ1n) is 8.10. The van der Waals surface area contributed by atoms with Crippen LogP contribution in [0.4, 0.5) is 0 Å². The summed E-state index contributed by atoms with van der Waals surface area (Å²) >= 11 is 0. The van der Waals surface area contributed by atoms with E-state index in [0.717, 1.165) is 6.42 Å². The van der Waals surface area contributed by atoms with Crippen molar-refractivity contribution in [3.05, 3.63) is 29.8 Å². The molecular weight excluding hydrogens is 362 g/mol. The first kappa shape index (κ1) is 21.6.